The molecule has 1 aromatic heterocycles. The van der Waals surface area contributed by atoms with Gasteiger partial charge in [0.25, 0.3) is 0 Å². The van der Waals surface area contributed by atoms with Crippen molar-refractivity contribution in [3.8, 4) is 0 Å². The molecule has 3 heteroatoms. The summed E-state index contributed by atoms with van der Waals surface area (Å²) in [6.07, 6.45) is 4.21. The smallest absolute Gasteiger partial charge is 0.119 e. The summed E-state index contributed by atoms with van der Waals surface area (Å²) in [7, 11) is 0. The average Bonchev–Trinajstić information content (AvgIpc) is 2.09. The first-order chi connectivity index (χ1) is 6.24. The van der Waals surface area contributed by atoms with Gasteiger partial charge in [-0.05, 0) is 18.6 Å². The molecule has 0 spiro atoms. The zero-order valence-electron chi connectivity index (χ0n) is 8.16. The van der Waals surface area contributed by atoms with E-state index in [0.29, 0.717) is 5.25 Å². The van der Waals surface area contributed by atoms with Gasteiger partial charge in [0.1, 0.15) is 5.03 Å². The molecule has 1 rings (SSSR count). The summed E-state index contributed by atoms with van der Waals surface area (Å²) >= 11 is 1.76. The molecule has 0 aliphatic rings. The van der Waals surface area contributed by atoms with Crippen LogP contribution in [0.2, 0.25) is 0 Å². The summed E-state index contributed by atoms with van der Waals surface area (Å²) in [5.74, 6) is 0. The molecule has 0 aromatic carbocycles. The quantitative estimate of drug-likeness (QED) is 0.752. The van der Waals surface area contributed by atoms with Gasteiger partial charge >= 0.3 is 0 Å². The lowest BCUT2D eigenvalue weighted by Crippen LogP contribution is -1.98. The Kier molecular flexibility index (Phi) is 4.09. The van der Waals surface area contributed by atoms with Crippen LogP contribution in [0.1, 0.15) is 26.7 Å². The predicted molar refractivity (Wildman–Crippen MR) is 58.9 cm³/mol. The first-order valence-corrected chi connectivity index (χ1v) is 5.49. The van der Waals surface area contributed by atoms with Crippen LogP contribution in [0.4, 0.5) is 5.69 Å². The van der Waals surface area contributed by atoms with E-state index in [0.717, 1.165) is 10.7 Å². The van der Waals surface area contributed by atoms with E-state index in [1.165, 1.54) is 12.8 Å². The molecule has 0 amide bonds. The molecule has 0 bridgehead atoms. The number of rotatable bonds is 4. The largest absolute Gasteiger partial charge is 0.397 e. The Morgan fingerprint density at radius 3 is 3.00 bits per heavy atom. The predicted octanol–water partition coefficient (Wildman–Crippen LogP) is 2.94. The van der Waals surface area contributed by atoms with Crippen molar-refractivity contribution in [2.24, 2.45) is 0 Å². The van der Waals surface area contributed by atoms with Gasteiger partial charge in [-0.25, -0.2) is 4.98 Å². The summed E-state index contributed by atoms with van der Waals surface area (Å²) < 4.78 is 0. The highest BCUT2D eigenvalue weighted by Gasteiger charge is 2.06. The third kappa shape index (κ3) is 3.27. The van der Waals surface area contributed by atoms with E-state index in [4.69, 9.17) is 5.73 Å². The molecule has 72 valence electrons. The number of hydrogen-bond acceptors (Lipinski definition) is 3. The fourth-order valence-electron chi connectivity index (χ4n) is 1.16. The molecule has 13 heavy (non-hydrogen) atoms. The Morgan fingerprint density at radius 2 is 2.38 bits per heavy atom. The highest BCUT2D eigenvalue weighted by molar-refractivity contribution is 8.00. The molecule has 1 unspecified atom stereocenters. The number of nitrogen functional groups attached to an aromatic ring is 1. The molecule has 2 N–H and O–H groups in total. The van der Waals surface area contributed by atoms with Crippen LogP contribution in [-0.2, 0) is 0 Å². The Morgan fingerprint density at radius 1 is 1.62 bits per heavy atom. The van der Waals surface area contributed by atoms with Crippen molar-refractivity contribution in [1.82, 2.24) is 4.98 Å². The van der Waals surface area contributed by atoms with E-state index in [1.807, 2.05) is 12.1 Å². The molecule has 1 atom stereocenters. The molecular formula is C10H16N2S. The fraction of sp³-hybridized carbons (Fsp3) is 0.500. The number of pyridine rings is 1. The Balaban J connectivity index is 2.58. The molecule has 2 nitrogen and oxygen atoms in total. The van der Waals surface area contributed by atoms with Gasteiger partial charge in [-0.2, -0.15) is 0 Å². The lowest BCUT2D eigenvalue weighted by molar-refractivity contribution is 0.785. The summed E-state index contributed by atoms with van der Waals surface area (Å²) in [4.78, 5) is 4.24. The van der Waals surface area contributed by atoms with E-state index >= 15 is 0 Å². The van der Waals surface area contributed by atoms with Crippen molar-refractivity contribution >= 4 is 17.4 Å². The minimum absolute atomic E-state index is 0.599. The first kappa shape index (κ1) is 10.4. The van der Waals surface area contributed by atoms with Gasteiger partial charge < -0.3 is 5.73 Å². The highest BCUT2D eigenvalue weighted by Crippen LogP contribution is 2.27. The van der Waals surface area contributed by atoms with Crippen LogP contribution in [0.3, 0.4) is 0 Å². The van der Waals surface area contributed by atoms with Gasteiger partial charge in [0.05, 0.1) is 5.69 Å². The molecular weight excluding hydrogens is 180 g/mol. The second-order valence-electron chi connectivity index (χ2n) is 3.11. The van der Waals surface area contributed by atoms with Crippen LogP contribution < -0.4 is 5.73 Å². The number of nitrogens with two attached hydrogens (primary N) is 1. The van der Waals surface area contributed by atoms with Crippen molar-refractivity contribution in [3.63, 3.8) is 0 Å². The number of hydrogen-bond donors (Lipinski definition) is 1. The Bertz CT molecular complexity index is 263. The minimum atomic E-state index is 0.599. The van der Waals surface area contributed by atoms with Crippen molar-refractivity contribution in [2.45, 2.75) is 37.0 Å². The SMILES string of the molecule is CCCC(C)Sc1ncccc1N. The van der Waals surface area contributed by atoms with Crippen molar-refractivity contribution in [3.05, 3.63) is 18.3 Å². The van der Waals surface area contributed by atoms with Crippen LogP contribution in [0.15, 0.2) is 23.4 Å². The van der Waals surface area contributed by atoms with E-state index in [-0.39, 0.29) is 0 Å². The molecule has 1 heterocycles. The van der Waals surface area contributed by atoms with Crippen molar-refractivity contribution in [2.75, 3.05) is 5.73 Å². The molecule has 0 fully saturated rings. The second-order valence-corrected chi connectivity index (χ2v) is 4.54. The molecule has 0 aliphatic heterocycles. The Labute approximate surface area is 83.9 Å². The van der Waals surface area contributed by atoms with Crippen LogP contribution in [0, 0.1) is 0 Å². The van der Waals surface area contributed by atoms with Crippen molar-refractivity contribution < 1.29 is 0 Å². The van der Waals surface area contributed by atoms with Gasteiger partial charge in [-0.15, -0.1) is 11.8 Å². The number of anilines is 1. The molecule has 1 aromatic rings. The molecule has 0 aliphatic carbocycles. The van der Waals surface area contributed by atoms with Gasteiger partial charge in [-0.1, -0.05) is 20.3 Å². The van der Waals surface area contributed by atoms with E-state index in [2.05, 4.69) is 18.8 Å². The summed E-state index contributed by atoms with van der Waals surface area (Å²) in [6.45, 7) is 4.40. The van der Waals surface area contributed by atoms with Crippen LogP contribution in [0.25, 0.3) is 0 Å². The molecule has 0 saturated carbocycles. The van der Waals surface area contributed by atoms with Crippen LogP contribution >= 0.6 is 11.8 Å². The standard InChI is InChI=1S/C10H16N2S/c1-3-5-8(2)13-10-9(11)6-4-7-12-10/h4,6-8H,3,5,11H2,1-2H3. The summed E-state index contributed by atoms with van der Waals surface area (Å²) in [5, 5.41) is 1.56. The number of aromatic nitrogens is 1. The molecule has 0 saturated heterocycles. The second kappa shape index (κ2) is 5.12. The topological polar surface area (TPSA) is 38.9 Å². The average molecular weight is 196 g/mol. The van der Waals surface area contributed by atoms with Crippen molar-refractivity contribution in [1.29, 1.82) is 0 Å². The molecule has 0 radical (unpaired) electrons. The summed E-state index contributed by atoms with van der Waals surface area (Å²) in [6, 6.07) is 3.76. The number of thioether (sulfide) groups is 1. The number of nitrogens with zero attached hydrogens (tertiary/aromatic N) is 1. The maximum absolute atomic E-state index is 5.78. The monoisotopic (exact) mass is 196 g/mol. The van der Waals surface area contributed by atoms with E-state index < -0.39 is 0 Å². The zero-order valence-corrected chi connectivity index (χ0v) is 8.97. The zero-order chi connectivity index (χ0) is 9.68. The Hall–Kier alpha value is -0.700. The van der Waals surface area contributed by atoms with Crippen LogP contribution in [0.5, 0.6) is 0 Å². The first-order valence-electron chi connectivity index (χ1n) is 4.61. The van der Waals surface area contributed by atoms with Gasteiger partial charge in [0, 0.05) is 11.4 Å². The highest BCUT2D eigenvalue weighted by atomic mass is 32.2. The fourth-order valence-corrected chi connectivity index (χ4v) is 2.22. The summed E-state index contributed by atoms with van der Waals surface area (Å²) in [5.41, 5.74) is 6.57. The normalized spacial score (nSPS) is 12.8. The maximum atomic E-state index is 5.78. The van der Waals surface area contributed by atoms with E-state index in [9.17, 15) is 0 Å². The van der Waals surface area contributed by atoms with E-state index in [1.54, 1.807) is 18.0 Å². The lowest BCUT2D eigenvalue weighted by atomic mass is 10.3. The minimum Gasteiger partial charge on any atom is -0.397 e. The third-order valence-electron chi connectivity index (χ3n) is 1.81. The van der Waals surface area contributed by atoms with Gasteiger partial charge in [0.2, 0.25) is 0 Å². The van der Waals surface area contributed by atoms with Gasteiger partial charge in [0.15, 0.2) is 0 Å². The maximum Gasteiger partial charge on any atom is 0.119 e. The van der Waals surface area contributed by atoms with Crippen LogP contribution in [-0.4, -0.2) is 10.2 Å². The van der Waals surface area contributed by atoms with Gasteiger partial charge in [-0.3, -0.25) is 0 Å². The third-order valence-corrected chi connectivity index (χ3v) is 3.01. The lowest BCUT2D eigenvalue weighted by Gasteiger charge is -2.09.